The van der Waals surface area contributed by atoms with E-state index in [0.717, 1.165) is 24.3 Å². The van der Waals surface area contributed by atoms with Crippen LogP contribution in [0.1, 0.15) is 19.4 Å². The molecule has 0 bridgehead atoms. The number of likely N-dealkylation sites (N-methyl/N-ethyl adjacent to an activating group) is 1. The summed E-state index contributed by atoms with van der Waals surface area (Å²) in [4.78, 5) is 4.10. The lowest BCUT2D eigenvalue weighted by atomic mass is 10.2. The van der Waals surface area contributed by atoms with Crippen molar-refractivity contribution in [2.45, 2.75) is 26.4 Å². The number of rotatable bonds is 5. The van der Waals surface area contributed by atoms with Gasteiger partial charge < -0.3 is 10.1 Å². The predicted octanol–water partition coefficient (Wildman–Crippen LogP) is 1.63. The number of pyridine rings is 1. The Kier molecular flexibility index (Phi) is 4.40. The molecule has 0 aromatic carbocycles. The van der Waals surface area contributed by atoms with Gasteiger partial charge in [0, 0.05) is 18.0 Å². The highest BCUT2D eigenvalue weighted by atomic mass is 16.5. The minimum Gasteiger partial charge on any atom is -0.491 e. The van der Waals surface area contributed by atoms with Gasteiger partial charge in [0.1, 0.15) is 5.75 Å². The molecule has 0 fully saturated rings. The van der Waals surface area contributed by atoms with E-state index in [1.165, 1.54) is 0 Å². The second-order valence-electron chi connectivity index (χ2n) is 3.50. The second kappa shape index (κ2) is 5.60. The topological polar surface area (TPSA) is 34.2 Å². The maximum atomic E-state index is 5.67. The Balaban J connectivity index is 2.69. The quantitative estimate of drug-likeness (QED) is 0.773. The molecule has 0 aliphatic heterocycles. The summed E-state index contributed by atoms with van der Waals surface area (Å²) in [6.45, 7) is 5.00. The summed E-state index contributed by atoms with van der Waals surface area (Å²) in [5, 5.41) is 3.11. The fourth-order valence-corrected chi connectivity index (χ4v) is 1.23. The van der Waals surface area contributed by atoms with E-state index in [0.29, 0.717) is 0 Å². The summed E-state index contributed by atoms with van der Waals surface area (Å²) in [6, 6.07) is 1.92. The molecular weight excluding hydrogens is 176 g/mol. The first kappa shape index (κ1) is 11.0. The van der Waals surface area contributed by atoms with E-state index in [9.17, 15) is 0 Å². The molecule has 78 valence electrons. The number of nitrogens with one attached hydrogen (secondary N) is 1. The molecule has 0 aliphatic rings. The van der Waals surface area contributed by atoms with Gasteiger partial charge >= 0.3 is 0 Å². The highest BCUT2D eigenvalue weighted by Gasteiger charge is 2.04. The number of ether oxygens (including phenoxy) is 1. The van der Waals surface area contributed by atoms with Crippen LogP contribution < -0.4 is 10.1 Å². The summed E-state index contributed by atoms with van der Waals surface area (Å²) in [7, 11) is 1.94. The average molecular weight is 194 g/mol. The van der Waals surface area contributed by atoms with Crippen molar-refractivity contribution in [3.05, 3.63) is 24.0 Å². The van der Waals surface area contributed by atoms with Crippen LogP contribution in [0.4, 0.5) is 0 Å². The molecule has 0 spiro atoms. The minimum atomic E-state index is 0.214. The zero-order valence-corrected chi connectivity index (χ0v) is 9.08. The smallest absolute Gasteiger partial charge is 0.125 e. The normalized spacial score (nSPS) is 10.6. The molecule has 3 nitrogen and oxygen atoms in total. The Bertz CT molecular complexity index is 274. The first-order valence-corrected chi connectivity index (χ1v) is 4.98. The lowest BCUT2D eigenvalue weighted by Gasteiger charge is -2.13. The minimum absolute atomic E-state index is 0.214. The third-order valence-corrected chi connectivity index (χ3v) is 1.87. The maximum absolute atomic E-state index is 5.67. The molecule has 0 aliphatic carbocycles. The Morgan fingerprint density at radius 1 is 1.50 bits per heavy atom. The Hall–Kier alpha value is -1.09. The van der Waals surface area contributed by atoms with Crippen molar-refractivity contribution in [3.8, 4) is 5.75 Å². The first-order chi connectivity index (χ1) is 6.74. The summed E-state index contributed by atoms with van der Waals surface area (Å²) in [5.41, 5.74) is 1.16. The third-order valence-electron chi connectivity index (χ3n) is 1.87. The van der Waals surface area contributed by atoms with Gasteiger partial charge in [-0.25, -0.2) is 0 Å². The zero-order chi connectivity index (χ0) is 10.4. The predicted molar refractivity (Wildman–Crippen MR) is 57.6 cm³/mol. The lowest BCUT2D eigenvalue weighted by molar-refractivity contribution is 0.239. The van der Waals surface area contributed by atoms with Gasteiger partial charge in [0.25, 0.3) is 0 Å². The van der Waals surface area contributed by atoms with Crippen molar-refractivity contribution in [3.63, 3.8) is 0 Å². The van der Waals surface area contributed by atoms with E-state index in [4.69, 9.17) is 4.74 Å². The fourth-order valence-electron chi connectivity index (χ4n) is 1.23. The Morgan fingerprint density at radius 3 is 2.93 bits per heavy atom. The van der Waals surface area contributed by atoms with Crippen molar-refractivity contribution in [2.24, 2.45) is 0 Å². The van der Waals surface area contributed by atoms with Crippen LogP contribution in [-0.2, 0) is 6.42 Å². The summed E-state index contributed by atoms with van der Waals surface area (Å²) in [5.74, 6) is 0.949. The maximum Gasteiger partial charge on any atom is 0.125 e. The van der Waals surface area contributed by atoms with Crippen LogP contribution in [0.15, 0.2) is 18.5 Å². The van der Waals surface area contributed by atoms with E-state index in [-0.39, 0.29) is 6.10 Å². The first-order valence-electron chi connectivity index (χ1n) is 4.98. The summed E-state index contributed by atoms with van der Waals surface area (Å²) < 4.78 is 5.67. The van der Waals surface area contributed by atoms with E-state index >= 15 is 0 Å². The van der Waals surface area contributed by atoms with Gasteiger partial charge in [-0.1, -0.05) is 0 Å². The molecule has 1 N–H and O–H groups in total. The van der Waals surface area contributed by atoms with Crippen molar-refractivity contribution >= 4 is 0 Å². The van der Waals surface area contributed by atoms with Gasteiger partial charge in [-0.3, -0.25) is 4.98 Å². The van der Waals surface area contributed by atoms with Gasteiger partial charge in [0.05, 0.1) is 6.10 Å². The van der Waals surface area contributed by atoms with E-state index in [1.807, 2.05) is 33.2 Å². The largest absolute Gasteiger partial charge is 0.491 e. The van der Waals surface area contributed by atoms with Crippen LogP contribution in [0, 0.1) is 0 Å². The molecule has 0 saturated heterocycles. The number of nitrogens with zero attached hydrogens (tertiary/aromatic N) is 1. The molecule has 1 aromatic rings. The zero-order valence-electron chi connectivity index (χ0n) is 9.08. The standard InChI is InChI=1S/C11H18N2O/c1-9(2)14-11-5-7-13-8-10(11)4-6-12-3/h5,7-9,12H,4,6H2,1-3H3. The second-order valence-corrected chi connectivity index (χ2v) is 3.50. The Morgan fingerprint density at radius 2 is 2.29 bits per heavy atom. The van der Waals surface area contributed by atoms with E-state index in [1.54, 1.807) is 6.20 Å². The van der Waals surface area contributed by atoms with E-state index < -0.39 is 0 Å². The molecule has 0 radical (unpaired) electrons. The summed E-state index contributed by atoms with van der Waals surface area (Å²) in [6.07, 6.45) is 4.80. The molecule has 14 heavy (non-hydrogen) atoms. The average Bonchev–Trinajstić information content (AvgIpc) is 2.16. The van der Waals surface area contributed by atoms with Gasteiger partial charge in [-0.2, -0.15) is 0 Å². The van der Waals surface area contributed by atoms with Gasteiger partial charge in [0.2, 0.25) is 0 Å². The molecule has 0 atom stereocenters. The SMILES string of the molecule is CNCCc1cnccc1OC(C)C. The van der Waals surface area contributed by atoms with E-state index in [2.05, 4.69) is 10.3 Å². The highest BCUT2D eigenvalue weighted by Crippen LogP contribution is 2.18. The molecule has 1 rings (SSSR count). The number of hydrogen-bond acceptors (Lipinski definition) is 3. The third kappa shape index (κ3) is 3.34. The van der Waals surface area contributed by atoms with Crippen molar-refractivity contribution in [1.82, 2.24) is 10.3 Å². The monoisotopic (exact) mass is 194 g/mol. The van der Waals surface area contributed by atoms with Crippen molar-refractivity contribution < 1.29 is 4.74 Å². The number of hydrogen-bond donors (Lipinski definition) is 1. The fraction of sp³-hybridized carbons (Fsp3) is 0.545. The van der Waals surface area contributed by atoms with Crippen molar-refractivity contribution in [1.29, 1.82) is 0 Å². The van der Waals surface area contributed by atoms with Crippen LogP contribution in [0.25, 0.3) is 0 Å². The van der Waals surface area contributed by atoms with Gasteiger partial charge in [-0.05, 0) is 39.9 Å². The molecule has 3 heteroatoms. The van der Waals surface area contributed by atoms with Crippen LogP contribution in [-0.4, -0.2) is 24.7 Å². The molecule has 1 aromatic heterocycles. The van der Waals surface area contributed by atoms with Gasteiger partial charge in [0.15, 0.2) is 0 Å². The number of aromatic nitrogens is 1. The van der Waals surface area contributed by atoms with Gasteiger partial charge in [-0.15, -0.1) is 0 Å². The Labute approximate surface area is 85.5 Å². The molecule has 1 heterocycles. The molecular formula is C11H18N2O. The molecule has 0 saturated carbocycles. The van der Waals surface area contributed by atoms with Crippen LogP contribution in [0.2, 0.25) is 0 Å². The van der Waals surface area contributed by atoms with Crippen molar-refractivity contribution in [2.75, 3.05) is 13.6 Å². The molecule has 0 unspecified atom stereocenters. The van der Waals surface area contributed by atoms with Crippen LogP contribution in [0.5, 0.6) is 5.75 Å². The molecule has 0 amide bonds. The van der Waals surface area contributed by atoms with Crippen LogP contribution >= 0.6 is 0 Å². The lowest BCUT2D eigenvalue weighted by Crippen LogP contribution is -2.13. The van der Waals surface area contributed by atoms with Crippen LogP contribution in [0.3, 0.4) is 0 Å². The summed E-state index contributed by atoms with van der Waals surface area (Å²) >= 11 is 0. The highest BCUT2D eigenvalue weighted by molar-refractivity contribution is 5.30.